The fraction of sp³-hybridized carbons (Fsp3) is 0.805. The molecule has 2 amide bonds. The summed E-state index contributed by atoms with van der Waals surface area (Å²) >= 11 is 0. The summed E-state index contributed by atoms with van der Waals surface area (Å²) in [6.45, 7) is 0.504. The standard InChI is InChI=1S/C41H61N9O2/c51-40-28-17-7-8-18-29(28)41(52)50(40)20-21-10-9-19-30-31(21)39-48-37-27-16-6-5-15-26(27)35(46-37)44-33-23-12-2-1-11-22(23)32(42-33)43-34-24-13-3-4-14-25(24)36(45-34)47-38(30)49-39/h7-8,17-18,21-27,30-39,42-49H,1-6,9-16,19-20H2. The van der Waals surface area contributed by atoms with E-state index < -0.39 is 0 Å². The Bertz CT molecular complexity index is 1510. The lowest BCUT2D eigenvalue weighted by molar-refractivity contribution is 0.0525. The van der Waals surface area contributed by atoms with E-state index in [1.54, 1.807) is 4.90 Å². The molecule has 0 spiro atoms. The van der Waals surface area contributed by atoms with Gasteiger partial charge in [-0.25, -0.2) is 0 Å². The molecule has 9 fully saturated rings. The second kappa shape index (κ2) is 13.4. The van der Waals surface area contributed by atoms with Crippen LogP contribution >= 0.6 is 0 Å². The lowest BCUT2D eigenvalue weighted by atomic mass is 9.71. The second-order valence-corrected chi connectivity index (χ2v) is 18.7. The molecule has 1 aromatic rings. The summed E-state index contributed by atoms with van der Waals surface area (Å²) in [5.74, 6) is 4.56. The molecule has 0 aromatic heterocycles. The van der Waals surface area contributed by atoms with Gasteiger partial charge in [-0.3, -0.25) is 57.0 Å². The van der Waals surface area contributed by atoms with Crippen molar-refractivity contribution in [3.63, 3.8) is 0 Å². The first kappa shape index (κ1) is 33.4. The van der Waals surface area contributed by atoms with Gasteiger partial charge in [0.05, 0.1) is 60.5 Å². The van der Waals surface area contributed by atoms with E-state index in [-0.39, 0.29) is 48.6 Å². The summed E-state index contributed by atoms with van der Waals surface area (Å²) in [7, 11) is 0. The quantitative estimate of drug-likeness (QED) is 0.217. The molecular formula is C41H61N9O2. The highest BCUT2D eigenvalue weighted by molar-refractivity contribution is 6.21. The molecule has 10 aliphatic rings. The zero-order chi connectivity index (χ0) is 34.5. The Hall–Kier alpha value is -1.96. The summed E-state index contributed by atoms with van der Waals surface area (Å²) in [6, 6.07) is 7.39. The molecule has 8 N–H and O–H groups in total. The Kier molecular flexibility index (Phi) is 8.58. The summed E-state index contributed by atoms with van der Waals surface area (Å²) in [5, 5.41) is 33.8. The highest BCUT2D eigenvalue weighted by Gasteiger charge is 2.56. The molecule has 17 unspecified atom stereocenters. The third-order valence-electron chi connectivity index (χ3n) is 16.3. The largest absolute Gasteiger partial charge is 0.286 e. The van der Waals surface area contributed by atoms with Gasteiger partial charge in [-0.1, -0.05) is 57.1 Å². The third-order valence-corrected chi connectivity index (χ3v) is 16.3. The first-order valence-corrected chi connectivity index (χ1v) is 21.6. The van der Waals surface area contributed by atoms with E-state index in [0.29, 0.717) is 83.5 Å². The molecule has 282 valence electrons. The monoisotopic (exact) mass is 711 g/mol. The number of hydrogen-bond acceptors (Lipinski definition) is 10. The van der Waals surface area contributed by atoms with Gasteiger partial charge in [-0.05, 0) is 117 Å². The highest BCUT2D eigenvalue weighted by atomic mass is 16.2. The van der Waals surface area contributed by atoms with E-state index >= 15 is 0 Å². The average Bonchev–Trinajstić information content (AvgIpc) is 3.96. The van der Waals surface area contributed by atoms with Crippen molar-refractivity contribution in [1.82, 2.24) is 47.4 Å². The van der Waals surface area contributed by atoms with Crippen LogP contribution in [-0.2, 0) is 0 Å². The van der Waals surface area contributed by atoms with Crippen LogP contribution in [0.2, 0.25) is 0 Å². The van der Waals surface area contributed by atoms with Crippen molar-refractivity contribution in [2.45, 2.75) is 146 Å². The van der Waals surface area contributed by atoms with E-state index in [1.807, 2.05) is 24.3 Å². The Labute approximate surface area is 309 Å². The van der Waals surface area contributed by atoms with Crippen LogP contribution in [-0.4, -0.2) is 72.6 Å². The number of rotatable bonds is 2. The highest BCUT2D eigenvalue weighted by Crippen LogP contribution is 2.47. The molecule has 4 saturated carbocycles. The van der Waals surface area contributed by atoms with Gasteiger partial charge in [0.15, 0.2) is 0 Å². The molecule has 52 heavy (non-hydrogen) atoms. The summed E-state index contributed by atoms with van der Waals surface area (Å²) in [6.07, 6.45) is 21.1. The van der Waals surface area contributed by atoms with Crippen LogP contribution in [0, 0.1) is 53.3 Å². The molecule has 6 aliphatic heterocycles. The lowest BCUT2D eigenvalue weighted by Gasteiger charge is -2.40. The number of hydrogen-bond donors (Lipinski definition) is 8. The number of nitrogens with one attached hydrogen (secondary N) is 8. The third kappa shape index (κ3) is 5.42. The van der Waals surface area contributed by atoms with Crippen molar-refractivity contribution < 1.29 is 9.59 Å². The minimum atomic E-state index is -0.116. The van der Waals surface area contributed by atoms with E-state index in [0.717, 1.165) is 12.8 Å². The number of benzene rings is 1. The van der Waals surface area contributed by atoms with Crippen LogP contribution in [0.3, 0.4) is 0 Å². The van der Waals surface area contributed by atoms with Crippen LogP contribution in [0.15, 0.2) is 24.3 Å². The Morgan fingerprint density at radius 1 is 0.423 bits per heavy atom. The van der Waals surface area contributed by atoms with Crippen LogP contribution in [0.25, 0.3) is 0 Å². The average molecular weight is 712 g/mol. The number of carbonyl (C=O) groups is 2. The summed E-state index contributed by atoms with van der Waals surface area (Å²) in [4.78, 5) is 28.9. The topological polar surface area (TPSA) is 134 Å². The van der Waals surface area contributed by atoms with E-state index in [9.17, 15) is 9.59 Å². The van der Waals surface area contributed by atoms with Crippen molar-refractivity contribution in [3.05, 3.63) is 35.4 Å². The summed E-state index contributed by atoms with van der Waals surface area (Å²) in [5.41, 5.74) is 1.13. The van der Waals surface area contributed by atoms with Crippen molar-refractivity contribution >= 4 is 11.8 Å². The molecule has 0 radical (unpaired) electrons. The molecule has 5 saturated heterocycles. The predicted molar refractivity (Wildman–Crippen MR) is 198 cm³/mol. The van der Waals surface area contributed by atoms with Gasteiger partial charge in [0.1, 0.15) is 0 Å². The van der Waals surface area contributed by atoms with Gasteiger partial charge in [0, 0.05) is 6.54 Å². The number of fused-ring (bicyclic) bond motifs is 21. The van der Waals surface area contributed by atoms with Gasteiger partial charge in [0.25, 0.3) is 11.8 Å². The van der Waals surface area contributed by atoms with Crippen molar-refractivity contribution in [1.29, 1.82) is 0 Å². The van der Waals surface area contributed by atoms with Crippen LogP contribution in [0.5, 0.6) is 0 Å². The number of amides is 2. The maximum Gasteiger partial charge on any atom is 0.261 e. The Balaban J connectivity index is 0.929. The maximum absolute atomic E-state index is 13.6. The van der Waals surface area contributed by atoms with Gasteiger partial charge >= 0.3 is 0 Å². The minimum Gasteiger partial charge on any atom is -0.286 e. The normalized spacial score (nSPS) is 49.6. The molecule has 11 nitrogen and oxygen atoms in total. The fourth-order valence-electron chi connectivity index (χ4n) is 14.0. The SMILES string of the molecule is O=C1c2ccccc2C(=O)N1CC1CCCC2C3NC4NC(NC5NC(NC6NC(NC(N3)C12)C1CCCCC61)C1CCCCC51)C1CCCCC41. The maximum atomic E-state index is 13.6. The van der Waals surface area contributed by atoms with Crippen LogP contribution < -0.4 is 42.5 Å². The predicted octanol–water partition coefficient (Wildman–Crippen LogP) is 3.13. The van der Waals surface area contributed by atoms with Crippen molar-refractivity contribution in [3.8, 4) is 0 Å². The second-order valence-electron chi connectivity index (χ2n) is 18.7. The molecule has 4 aliphatic carbocycles. The van der Waals surface area contributed by atoms with Gasteiger partial charge in [0.2, 0.25) is 0 Å². The number of nitrogens with zero attached hydrogens (tertiary/aromatic N) is 1. The van der Waals surface area contributed by atoms with Gasteiger partial charge < -0.3 is 0 Å². The minimum absolute atomic E-state index is 0.101. The molecular weight excluding hydrogens is 651 g/mol. The zero-order valence-electron chi connectivity index (χ0n) is 30.7. The van der Waals surface area contributed by atoms with Crippen molar-refractivity contribution in [2.24, 2.45) is 53.3 Å². The first-order chi connectivity index (χ1) is 25.6. The molecule has 11 heteroatoms. The van der Waals surface area contributed by atoms with Gasteiger partial charge in [-0.2, -0.15) is 0 Å². The van der Waals surface area contributed by atoms with Gasteiger partial charge in [-0.15, -0.1) is 0 Å². The van der Waals surface area contributed by atoms with E-state index in [4.69, 9.17) is 0 Å². The molecule has 6 heterocycles. The smallest absolute Gasteiger partial charge is 0.261 e. The Morgan fingerprint density at radius 3 is 1.13 bits per heavy atom. The molecule has 11 rings (SSSR count). The molecule has 1 aromatic carbocycles. The van der Waals surface area contributed by atoms with Crippen molar-refractivity contribution in [2.75, 3.05) is 6.54 Å². The number of imide groups is 1. The molecule has 8 bridgehead atoms. The lowest BCUT2D eigenvalue weighted by Crippen LogP contribution is -2.62. The number of carbonyl (C=O) groups excluding carboxylic acids is 2. The first-order valence-electron chi connectivity index (χ1n) is 21.6. The fourth-order valence-corrected chi connectivity index (χ4v) is 14.0. The van der Waals surface area contributed by atoms with Crippen LogP contribution in [0.4, 0.5) is 0 Å². The van der Waals surface area contributed by atoms with E-state index in [2.05, 4.69) is 42.5 Å². The molecule has 17 atom stereocenters. The summed E-state index contributed by atoms with van der Waals surface area (Å²) < 4.78 is 0. The Morgan fingerprint density at radius 2 is 0.750 bits per heavy atom. The zero-order valence-corrected chi connectivity index (χ0v) is 30.7. The van der Waals surface area contributed by atoms with E-state index in [1.165, 1.54) is 83.5 Å². The van der Waals surface area contributed by atoms with Crippen LogP contribution in [0.1, 0.15) is 117 Å².